The van der Waals surface area contributed by atoms with Crippen LogP contribution in [0.15, 0.2) is 36.4 Å². The summed E-state index contributed by atoms with van der Waals surface area (Å²) < 4.78 is 4.76. The molecule has 1 aliphatic heterocycles. The Kier molecular flexibility index (Phi) is 11.7. The Labute approximate surface area is 243 Å². The number of carboxylic acids is 1. The number of piperazine rings is 1. The number of ether oxygens (including phenoxy) is 1. The fourth-order valence-corrected chi connectivity index (χ4v) is 4.14. The molecular formula is C28H36N6O8. The fourth-order valence-electron chi connectivity index (χ4n) is 4.14. The monoisotopic (exact) mass is 584 g/mol. The van der Waals surface area contributed by atoms with Gasteiger partial charge in [-0.2, -0.15) is 0 Å². The third-order valence-electron chi connectivity index (χ3n) is 6.12. The van der Waals surface area contributed by atoms with Gasteiger partial charge < -0.3 is 30.2 Å². The van der Waals surface area contributed by atoms with Crippen molar-refractivity contribution in [1.82, 2.24) is 25.2 Å². The molecule has 1 aliphatic rings. The molecule has 3 amide bonds. The van der Waals surface area contributed by atoms with Crippen LogP contribution >= 0.6 is 0 Å². The van der Waals surface area contributed by atoms with E-state index in [4.69, 9.17) is 9.57 Å². The van der Waals surface area contributed by atoms with Gasteiger partial charge in [-0.25, -0.2) is 14.8 Å². The zero-order valence-corrected chi connectivity index (χ0v) is 23.9. The van der Waals surface area contributed by atoms with E-state index in [1.54, 1.807) is 31.2 Å². The molecule has 1 aromatic carbocycles. The van der Waals surface area contributed by atoms with Crippen LogP contribution in [0.25, 0.3) is 11.4 Å². The molecule has 0 radical (unpaired) electrons. The maximum absolute atomic E-state index is 13.4. The summed E-state index contributed by atoms with van der Waals surface area (Å²) in [7, 11) is 0. The Hall–Kier alpha value is -4.59. The van der Waals surface area contributed by atoms with E-state index in [9.17, 15) is 29.1 Å². The first kappa shape index (κ1) is 31.9. The number of anilines is 1. The average Bonchev–Trinajstić information content (AvgIpc) is 2.95. The van der Waals surface area contributed by atoms with E-state index in [1.165, 1.54) is 16.0 Å². The molecule has 14 heteroatoms. The van der Waals surface area contributed by atoms with Gasteiger partial charge in [-0.1, -0.05) is 44.2 Å². The number of aliphatic carboxylic acids is 1. The standard InChI is InChI=1S/C28H36N6O8/c1-4-41-28(40)42-34-14-12-33(13-15-34)27(39)20(10-11-24(36)37)30-26(38)21-17-22(31-23(35)16-18(2)3)32-25(29-21)19-8-6-5-7-9-19/h5-9,17-18,20H,4,10-16H2,1-3H3,(H,30,38)(H,36,37)(H,29,31,32,35)/t20-/m0/s1. The summed E-state index contributed by atoms with van der Waals surface area (Å²) >= 11 is 0. The van der Waals surface area contributed by atoms with Crippen LogP contribution in [0.5, 0.6) is 0 Å². The first-order valence-corrected chi connectivity index (χ1v) is 13.7. The molecule has 42 heavy (non-hydrogen) atoms. The molecule has 1 aromatic heterocycles. The predicted octanol–water partition coefficient (Wildman–Crippen LogP) is 2.32. The molecule has 3 rings (SSSR count). The van der Waals surface area contributed by atoms with Crippen LogP contribution in [0, 0.1) is 5.92 Å². The molecule has 0 unspecified atom stereocenters. The largest absolute Gasteiger partial charge is 0.527 e. The topological polar surface area (TPSA) is 180 Å². The second kappa shape index (κ2) is 15.4. The number of amides is 3. The van der Waals surface area contributed by atoms with Gasteiger partial charge in [-0.05, 0) is 19.3 Å². The highest BCUT2D eigenvalue weighted by Gasteiger charge is 2.31. The van der Waals surface area contributed by atoms with Crippen molar-refractivity contribution in [3.8, 4) is 11.4 Å². The van der Waals surface area contributed by atoms with Gasteiger partial charge in [0.15, 0.2) is 5.82 Å². The van der Waals surface area contributed by atoms with Crippen molar-refractivity contribution in [3.05, 3.63) is 42.1 Å². The minimum Gasteiger partial charge on any atom is -0.481 e. The number of hydroxylamine groups is 2. The Bertz CT molecular complexity index is 1260. The second-order valence-electron chi connectivity index (χ2n) is 9.96. The lowest BCUT2D eigenvalue weighted by Gasteiger charge is -2.35. The minimum atomic E-state index is -1.17. The number of hydrogen-bond donors (Lipinski definition) is 3. The summed E-state index contributed by atoms with van der Waals surface area (Å²) in [4.78, 5) is 77.4. The second-order valence-corrected chi connectivity index (χ2v) is 9.96. The molecule has 0 aliphatic carbocycles. The first-order chi connectivity index (χ1) is 20.0. The lowest BCUT2D eigenvalue weighted by molar-refractivity contribution is -0.157. The van der Waals surface area contributed by atoms with Gasteiger partial charge in [0.1, 0.15) is 17.6 Å². The third-order valence-corrected chi connectivity index (χ3v) is 6.12. The van der Waals surface area contributed by atoms with E-state index in [0.717, 1.165) is 0 Å². The number of carbonyl (C=O) groups is 5. The Balaban J connectivity index is 1.79. The van der Waals surface area contributed by atoms with E-state index in [-0.39, 0.29) is 81.2 Å². The molecular weight excluding hydrogens is 548 g/mol. The molecule has 0 spiro atoms. The molecule has 3 N–H and O–H groups in total. The lowest BCUT2D eigenvalue weighted by Crippen LogP contribution is -2.55. The van der Waals surface area contributed by atoms with Crippen molar-refractivity contribution in [1.29, 1.82) is 0 Å². The smallest absolute Gasteiger partial charge is 0.481 e. The van der Waals surface area contributed by atoms with Gasteiger partial charge >= 0.3 is 12.1 Å². The van der Waals surface area contributed by atoms with Gasteiger partial charge in [-0.3, -0.25) is 19.2 Å². The molecule has 1 atom stereocenters. The van der Waals surface area contributed by atoms with Crippen molar-refractivity contribution < 1.29 is 38.7 Å². The summed E-state index contributed by atoms with van der Waals surface area (Å²) in [5.74, 6) is -2.22. The molecule has 1 fully saturated rings. The van der Waals surface area contributed by atoms with Crippen molar-refractivity contribution >= 4 is 35.7 Å². The van der Waals surface area contributed by atoms with Crippen LogP contribution in [-0.4, -0.2) is 93.7 Å². The number of nitrogens with one attached hydrogen (secondary N) is 2. The molecule has 226 valence electrons. The lowest BCUT2D eigenvalue weighted by atomic mass is 10.1. The number of benzene rings is 1. The van der Waals surface area contributed by atoms with Crippen molar-refractivity contribution in [2.45, 2.75) is 46.1 Å². The molecule has 1 saturated heterocycles. The van der Waals surface area contributed by atoms with E-state index in [1.807, 2.05) is 19.9 Å². The van der Waals surface area contributed by atoms with E-state index in [2.05, 4.69) is 20.6 Å². The van der Waals surface area contributed by atoms with Gasteiger partial charge in [0.2, 0.25) is 11.8 Å². The van der Waals surface area contributed by atoms with Crippen molar-refractivity contribution in [2.24, 2.45) is 5.92 Å². The Morgan fingerprint density at radius 3 is 2.33 bits per heavy atom. The van der Waals surface area contributed by atoms with Gasteiger partial charge in [0.05, 0.1) is 19.7 Å². The summed E-state index contributed by atoms with van der Waals surface area (Å²) in [6.45, 7) is 6.37. The molecule has 2 heterocycles. The number of nitrogens with zero attached hydrogens (tertiary/aromatic N) is 4. The normalized spacial score (nSPS) is 14.1. The fraction of sp³-hybridized carbons (Fsp3) is 0.464. The summed E-state index contributed by atoms with van der Waals surface area (Å²) in [6.07, 6.45) is -1.12. The highest BCUT2D eigenvalue weighted by molar-refractivity contribution is 5.98. The van der Waals surface area contributed by atoms with Crippen LogP contribution in [0.4, 0.5) is 10.6 Å². The van der Waals surface area contributed by atoms with E-state index < -0.39 is 30.0 Å². The number of rotatable bonds is 12. The average molecular weight is 585 g/mol. The van der Waals surface area contributed by atoms with Crippen LogP contribution < -0.4 is 10.6 Å². The van der Waals surface area contributed by atoms with Crippen molar-refractivity contribution in [3.63, 3.8) is 0 Å². The number of aromatic nitrogens is 2. The van der Waals surface area contributed by atoms with E-state index >= 15 is 0 Å². The van der Waals surface area contributed by atoms with Gasteiger partial charge in [-0.15, -0.1) is 5.06 Å². The Morgan fingerprint density at radius 2 is 1.71 bits per heavy atom. The third kappa shape index (κ3) is 9.80. The highest BCUT2D eigenvalue weighted by Crippen LogP contribution is 2.19. The number of hydrogen-bond acceptors (Lipinski definition) is 10. The molecule has 2 aromatic rings. The minimum absolute atomic E-state index is 0.0998. The molecule has 0 bridgehead atoms. The predicted molar refractivity (Wildman–Crippen MR) is 150 cm³/mol. The maximum Gasteiger partial charge on any atom is 0.527 e. The number of carboxylic acid groups (broad SMARTS) is 1. The number of carbonyl (C=O) groups excluding carboxylic acids is 4. The van der Waals surface area contributed by atoms with Crippen LogP contribution in [0.3, 0.4) is 0 Å². The first-order valence-electron chi connectivity index (χ1n) is 13.7. The zero-order valence-electron chi connectivity index (χ0n) is 23.9. The Morgan fingerprint density at radius 1 is 1.02 bits per heavy atom. The quantitative estimate of drug-likeness (QED) is 0.312. The SMILES string of the molecule is CCOC(=O)ON1CCN(C(=O)[C@H](CCC(=O)O)NC(=O)c2cc(NC(=O)CC(C)C)nc(-c3ccccc3)n2)CC1. The van der Waals surface area contributed by atoms with Gasteiger partial charge in [0.25, 0.3) is 5.91 Å². The molecule has 14 nitrogen and oxygen atoms in total. The maximum atomic E-state index is 13.4. The van der Waals surface area contributed by atoms with Crippen LogP contribution in [0.1, 0.15) is 50.5 Å². The molecule has 0 saturated carbocycles. The summed E-state index contributed by atoms with van der Waals surface area (Å²) in [6, 6.07) is 9.01. The van der Waals surface area contributed by atoms with Crippen molar-refractivity contribution in [2.75, 3.05) is 38.1 Å². The van der Waals surface area contributed by atoms with Gasteiger partial charge in [0, 0.05) is 37.6 Å². The van der Waals surface area contributed by atoms with Crippen LogP contribution in [0.2, 0.25) is 0 Å². The van der Waals surface area contributed by atoms with E-state index in [0.29, 0.717) is 5.56 Å². The zero-order chi connectivity index (χ0) is 30.6. The summed E-state index contributed by atoms with van der Waals surface area (Å²) in [5.41, 5.74) is 0.498. The summed E-state index contributed by atoms with van der Waals surface area (Å²) in [5, 5.41) is 15.9. The highest BCUT2D eigenvalue weighted by atomic mass is 16.8. The van der Waals surface area contributed by atoms with Crippen LogP contribution in [-0.2, 0) is 24.0 Å².